The van der Waals surface area contributed by atoms with Crippen molar-refractivity contribution in [1.29, 1.82) is 0 Å². The number of unbranched alkanes of at least 4 members (excludes halogenated alkanes) is 1. The Labute approximate surface area is 113 Å². The topological polar surface area (TPSA) is 0 Å². The van der Waals surface area contributed by atoms with Crippen LogP contribution in [0.2, 0.25) is 0 Å². The average molecular weight is 254 g/mol. The molecule has 0 spiro atoms. The van der Waals surface area contributed by atoms with E-state index in [0.29, 0.717) is 0 Å². The molecular formula is C16H30S. The first-order valence-corrected chi connectivity index (χ1v) is 7.65. The van der Waals surface area contributed by atoms with Gasteiger partial charge < -0.3 is 0 Å². The molecule has 0 radical (unpaired) electrons. The van der Waals surface area contributed by atoms with Crippen LogP contribution < -0.4 is 0 Å². The van der Waals surface area contributed by atoms with Crippen LogP contribution in [0.15, 0.2) is 24.1 Å². The quantitative estimate of drug-likeness (QED) is 0.442. The van der Waals surface area contributed by atoms with Crippen molar-refractivity contribution < 1.29 is 0 Å². The van der Waals surface area contributed by atoms with E-state index in [4.69, 9.17) is 0 Å². The highest BCUT2D eigenvalue weighted by molar-refractivity contribution is 8.04. The lowest BCUT2D eigenvalue weighted by Gasteiger charge is -2.35. The van der Waals surface area contributed by atoms with Crippen molar-refractivity contribution in [3.05, 3.63) is 24.1 Å². The van der Waals surface area contributed by atoms with Crippen LogP contribution in [0.3, 0.4) is 0 Å². The molecule has 1 unspecified atom stereocenters. The molecule has 0 saturated carbocycles. The van der Waals surface area contributed by atoms with Crippen LogP contribution in [0.25, 0.3) is 0 Å². The van der Waals surface area contributed by atoms with Gasteiger partial charge >= 0.3 is 0 Å². The third-order valence-electron chi connectivity index (χ3n) is 3.43. The zero-order valence-corrected chi connectivity index (χ0v) is 13.3. The van der Waals surface area contributed by atoms with Crippen LogP contribution in [-0.4, -0.2) is 4.75 Å². The summed E-state index contributed by atoms with van der Waals surface area (Å²) in [6.45, 7) is 19.6. The highest BCUT2D eigenvalue weighted by Crippen LogP contribution is 2.46. The van der Waals surface area contributed by atoms with Gasteiger partial charge in [-0.15, -0.1) is 18.3 Å². The van der Waals surface area contributed by atoms with E-state index in [0.717, 1.165) is 0 Å². The van der Waals surface area contributed by atoms with Crippen molar-refractivity contribution >= 4 is 11.8 Å². The molecule has 0 nitrogen and oxygen atoms in total. The Morgan fingerprint density at radius 3 is 2.12 bits per heavy atom. The Balaban J connectivity index is 4.69. The fraction of sp³-hybridized carbons (Fsp3) is 0.750. The molecule has 0 heterocycles. The van der Waals surface area contributed by atoms with Gasteiger partial charge in [-0.2, -0.15) is 0 Å². The zero-order valence-electron chi connectivity index (χ0n) is 12.4. The normalized spacial score (nSPS) is 15.4. The van der Waals surface area contributed by atoms with Gasteiger partial charge in [-0.05, 0) is 37.0 Å². The number of hydrogen-bond acceptors (Lipinski definition) is 1. The summed E-state index contributed by atoms with van der Waals surface area (Å²) in [4.78, 5) is 1.33. The molecule has 0 aromatic carbocycles. The van der Waals surface area contributed by atoms with Crippen LogP contribution in [0.5, 0.6) is 0 Å². The molecule has 0 aliphatic carbocycles. The predicted molar refractivity (Wildman–Crippen MR) is 83.5 cm³/mol. The molecule has 17 heavy (non-hydrogen) atoms. The molecule has 1 heteroatoms. The fourth-order valence-electron chi connectivity index (χ4n) is 2.00. The molecule has 0 aromatic heterocycles. The summed E-state index contributed by atoms with van der Waals surface area (Å²) in [6, 6.07) is 0. The second kappa shape index (κ2) is 7.31. The zero-order chi connectivity index (χ0) is 13.5. The van der Waals surface area contributed by atoms with Crippen LogP contribution in [0, 0.1) is 5.41 Å². The third-order valence-corrected chi connectivity index (χ3v) is 4.87. The highest BCUT2D eigenvalue weighted by atomic mass is 32.2. The molecule has 100 valence electrons. The van der Waals surface area contributed by atoms with Crippen molar-refractivity contribution in [2.45, 2.75) is 71.5 Å². The van der Waals surface area contributed by atoms with Crippen molar-refractivity contribution in [3.63, 3.8) is 0 Å². The first kappa shape index (κ1) is 16.8. The molecule has 0 aliphatic rings. The summed E-state index contributed by atoms with van der Waals surface area (Å²) < 4.78 is 0.0955. The maximum atomic E-state index is 4.35. The van der Waals surface area contributed by atoms with E-state index in [1.807, 2.05) is 17.8 Å². The molecule has 1 atom stereocenters. The molecular weight excluding hydrogens is 224 g/mol. The van der Waals surface area contributed by atoms with Gasteiger partial charge in [0.25, 0.3) is 0 Å². The first-order valence-electron chi connectivity index (χ1n) is 6.83. The van der Waals surface area contributed by atoms with Gasteiger partial charge in [0.05, 0.1) is 0 Å². The SMILES string of the molecule is C=CC(C)(C)SC(=C)C(C)(CCC)CCCC. The van der Waals surface area contributed by atoms with E-state index in [9.17, 15) is 0 Å². The Kier molecular flexibility index (Phi) is 7.23. The molecule has 0 amide bonds. The van der Waals surface area contributed by atoms with E-state index >= 15 is 0 Å². The molecule has 0 aliphatic heterocycles. The van der Waals surface area contributed by atoms with Gasteiger partial charge in [0.15, 0.2) is 0 Å². The molecule has 0 rings (SSSR count). The van der Waals surface area contributed by atoms with Gasteiger partial charge in [-0.1, -0.05) is 52.7 Å². The summed E-state index contributed by atoms with van der Waals surface area (Å²) >= 11 is 1.89. The monoisotopic (exact) mass is 254 g/mol. The van der Waals surface area contributed by atoms with Gasteiger partial charge in [0.2, 0.25) is 0 Å². The lowest BCUT2D eigenvalue weighted by Crippen LogP contribution is -2.21. The number of hydrogen-bond donors (Lipinski definition) is 0. The van der Waals surface area contributed by atoms with Gasteiger partial charge in [0.1, 0.15) is 0 Å². The average Bonchev–Trinajstić information content (AvgIpc) is 2.26. The Hall–Kier alpha value is -0.170. The molecule has 0 N–H and O–H groups in total. The minimum atomic E-state index is 0.0955. The maximum absolute atomic E-state index is 4.35. The van der Waals surface area contributed by atoms with Gasteiger partial charge in [0, 0.05) is 4.75 Å². The van der Waals surface area contributed by atoms with E-state index in [1.165, 1.54) is 37.0 Å². The van der Waals surface area contributed by atoms with Crippen LogP contribution in [0.1, 0.15) is 66.7 Å². The van der Waals surface area contributed by atoms with E-state index in [2.05, 4.69) is 47.8 Å². The first-order chi connectivity index (χ1) is 7.81. The van der Waals surface area contributed by atoms with Crippen LogP contribution in [0.4, 0.5) is 0 Å². The summed E-state index contributed by atoms with van der Waals surface area (Å²) in [5, 5.41) is 0. The summed E-state index contributed by atoms with van der Waals surface area (Å²) in [5.41, 5.74) is 0.287. The second-order valence-electron chi connectivity index (χ2n) is 5.75. The Bertz CT molecular complexity index is 252. The lowest BCUT2D eigenvalue weighted by atomic mass is 9.80. The summed E-state index contributed by atoms with van der Waals surface area (Å²) in [6.07, 6.45) is 8.32. The van der Waals surface area contributed by atoms with Crippen molar-refractivity contribution in [3.8, 4) is 0 Å². The van der Waals surface area contributed by atoms with Crippen LogP contribution >= 0.6 is 11.8 Å². The summed E-state index contributed by atoms with van der Waals surface area (Å²) in [7, 11) is 0. The largest absolute Gasteiger partial charge is 0.120 e. The molecule has 0 bridgehead atoms. The Morgan fingerprint density at radius 2 is 1.71 bits per heavy atom. The van der Waals surface area contributed by atoms with Crippen molar-refractivity contribution in [2.24, 2.45) is 5.41 Å². The molecule has 0 aromatic rings. The standard InChI is InChI=1S/C16H30S/c1-8-11-13-16(7,12-9-2)14(4)17-15(5,6)10-3/h10H,3-4,8-9,11-13H2,1-2,5-7H3. The summed E-state index contributed by atoms with van der Waals surface area (Å²) in [5.74, 6) is 0. The van der Waals surface area contributed by atoms with E-state index < -0.39 is 0 Å². The van der Waals surface area contributed by atoms with Gasteiger partial charge in [-0.25, -0.2) is 0 Å². The Morgan fingerprint density at radius 1 is 1.12 bits per heavy atom. The van der Waals surface area contributed by atoms with Gasteiger partial charge in [-0.3, -0.25) is 0 Å². The highest BCUT2D eigenvalue weighted by Gasteiger charge is 2.29. The van der Waals surface area contributed by atoms with Crippen LogP contribution in [-0.2, 0) is 0 Å². The maximum Gasteiger partial charge on any atom is 0.0323 e. The predicted octanol–water partition coefficient (Wildman–Crippen LogP) is 6.19. The number of rotatable bonds is 9. The number of allylic oxidation sites excluding steroid dienone is 1. The fourth-order valence-corrected chi connectivity index (χ4v) is 3.17. The third kappa shape index (κ3) is 5.81. The van der Waals surface area contributed by atoms with E-state index in [-0.39, 0.29) is 10.2 Å². The minimum absolute atomic E-state index is 0.0955. The molecule has 0 fully saturated rings. The van der Waals surface area contributed by atoms with E-state index in [1.54, 1.807) is 0 Å². The smallest absolute Gasteiger partial charge is 0.0323 e. The van der Waals surface area contributed by atoms with Crippen molar-refractivity contribution in [1.82, 2.24) is 0 Å². The second-order valence-corrected chi connectivity index (χ2v) is 7.50. The lowest BCUT2D eigenvalue weighted by molar-refractivity contribution is 0.338. The van der Waals surface area contributed by atoms with Crippen molar-refractivity contribution in [2.75, 3.05) is 0 Å². The minimum Gasteiger partial charge on any atom is -0.120 e. The molecule has 0 saturated heterocycles. The number of thioether (sulfide) groups is 1.